The molecule has 0 aliphatic carbocycles. The summed E-state index contributed by atoms with van der Waals surface area (Å²) >= 11 is 12.3. The van der Waals surface area contributed by atoms with E-state index in [1.807, 2.05) is 24.4 Å². The molecule has 22 heavy (non-hydrogen) atoms. The zero-order valence-electron chi connectivity index (χ0n) is 12.0. The van der Waals surface area contributed by atoms with Gasteiger partial charge in [0.15, 0.2) is 0 Å². The molecule has 1 aromatic heterocycles. The molecule has 1 N–H and O–H groups in total. The number of hydrogen-bond donors (Lipinski definition) is 1. The van der Waals surface area contributed by atoms with Crippen molar-refractivity contribution < 1.29 is 0 Å². The van der Waals surface area contributed by atoms with E-state index in [1.54, 1.807) is 12.3 Å². The SMILES string of the molecule is Cl.Clc1ccc(CN2CCNCC2c2cccnc2)c(Cl)c1. The maximum atomic E-state index is 6.30. The highest BCUT2D eigenvalue weighted by Gasteiger charge is 2.24. The first-order chi connectivity index (χ1) is 10.2. The molecule has 118 valence electrons. The lowest BCUT2D eigenvalue weighted by atomic mass is 10.0. The van der Waals surface area contributed by atoms with E-state index in [0.29, 0.717) is 11.1 Å². The van der Waals surface area contributed by atoms with Crippen LogP contribution in [0.4, 0.5) is 0 Å². The Labute approximate surface area is 147 Å². The van der Waals surface area contributed by atoms with E-state index in [1.165, 1.54) is 5.56 Å². The molecule has 2 aromatic rings. The first-order valence-corrected chi connectivity index (χ1v) is 7.78. The molecule has 2 heterocycles. The Bertz CT molecular complexity index is 607. The average molecular weight is 359 g/mol. The van der Waals surface area contributed by atoms with E-state index in [-0.39, 0.29) is 12.4 Å². The third kappa shape index (κ3) is 4.12. The number of nitrogens with zero attached hydrogens (tertiary/aromatic N) is 2. The van der Waals surface area contributed by atoms with E-state index < -0.39 is 0 Å². The van der Waals surface area contributed by atoms with Gasteiger partial charge in [-0.3, -0.25) is 9.88 Å². The van der Waals surface area contributed by atoms with Gasteiger partial charge in [-0.05, 0) is 29.3 Å². The van der Waals surface area contributed by atoms with Crippen LogP contribution in [0.5, 0.6) is 0 Å². The first kappa shape index (κ1) is 17.5. The quantitative estimate of drug-likeness (QED) is 0.900. The summed E-state index contributed by atoms with van der Waals surface area (Å²) in [5.41, 5.74) is 2.34. The topological polar surface area (TPSA) is 28.2 Å². The summed E-state index contributed by atoms with van der Waals surface area (Å²) in [4.78, 5) is 6.67. The van der Waals surface area contributed by atoms with Crippen LogP contribution >= 0.6 is 35.6 Å². The predicted octanol–water partition coefficient (Wildman–Crippen LogP) is 3.96. The zero-order valence-corrected chi connectivity index (χ0v) is 14.3. The first-order valence-electron chi connectivity index (χ1n) is 7.02. The van der Waals surface area contributed by atoms with Crippen molar-refractivity contribution in [2.24, 2.45) is 0 Å². The summed E-state index contributed by atoms with van der Waals surface area (Å²) < 4.78 is 0. The number of pyridine rings is 1. The highest BCUT2D eigenvalue weighted by molar-refractivity contribution is 6.35. The minimum Gasteiger partial charge on any atom is -0.314 e. The molecule has 3 nitrogen and oxygen atoms in total. The number of rotatable bonds is 3. The van der Waals surface area contributed by atoms with Crippen LogP contribution in [0.3, 0.4) is 0 Å². The van der Waals surface area contributed by atoms with Crippen molar-refractivity contribution in [2.45, 2.75) is 12.6 Å². The van der Waals surface area contributed by atoms with Crippen LogP contribution < -0.4 is 5.32 Å². The predicted molar refractivity (Wildman–Crippen MR) is 94.0 cm³/mol. The summed E-state index contributed by atoms with van der Waals surface area (Å²) in [5.74, 6) is 0. The van der Waals surface area contributed by atoms with Crippen molar-refractivity contribution in [1.82, 2.24) is 15.2 Å². The molecule has 0 saturated carbocycles. The molecule has 1 saturated heterocycles. The molecule has 1 aliphatic heterocycles. The Hall–Kier alpha value is -0.840. The Morgan fingerprint density at radius 1 is 1.27 bits per heavy atom. The fourth-order valence-electron chi connectivity index (χ4n) is 2.71. The maximum Gasteiger partial charge on any atom is 0.0492 e. The molecular weight excluding hydrogens is 341 g/mol. The summed E-state index contributed by atoms with van der Waals surface area (Å²) in [6, 6.07) is 10.1. The van der Waals surface area contributed by atoms with Crippen molar-refractivity contribution >= 4 is 35.6 Å². The minimum atomic E-state index is 0. The van der Waals surface area contributed by atoms with Crippen LogP contribution in [0, 0.1) is 0 Å². The molecule has 1 unspecified atom stereocenters. The van der Waals surface area contributed by atoms with E-state index in [9.17, 15) is 0 Å². The highest BCUT2D eigenvalue weighted by atomic mass is 35.5. The number of piperazine rings is 1. The standard InChI is InChI=1S/C16H17Cl2N3.ClH/c17-14-4-3-13(15(18)8-14)11-21-7-6-20-10-16(21)12-2-1-5-19-9-12;/h1-5,8-9,16,20H,6-7,10-11H2;1H. The van der Waals surface area contributed by atoms with E-state index >= 15 is 0 Å². The average Bonchev–Trinajstić information content (AvgIpc) is 2.51. The Kier molecular flexibility index (Phi) is 6.48. The van der Waals surface area contributed by atoms with Gasteiger partial charge in [0.25, 0.3) is 0 Å². The van der Waals surface area contributed by atoms with E-state index in [2.05, 4.69) is 21.3 Å². The number of aromatic nitrogens is 1. The Morgan fingerprint density at radius 3 is 2.86 bits per heavy atom. The summed E-state index contributed by atoms with van der Waals surface area (Å²) in [7, 11) is 0. The maximum absolute atomic E-state index is 6.30. The monoisotopic (exact) mass is 357 g/mol. The molecule has 0 bridgehead atoms. The van der Waals surface area contributed by atoms with Gasteiger partial charge in [-0.2, -0.15) is 0 Å². The lowest BCUT2D eigenvalue weighted by Gasteiger charge is -2.36. The molecule has 0 spiro atoms. The summed E-state index contributed by atoms with van der Waals surface area (Å²) in [6.45, 7) is 3.72. The van der Waals surface area contributed by atoms with Crippen molar-refractivity contribution in [1.29, 1.82) is 0 Å². The van der Waals surface area contributed by atoms with Crippen LogP contribution in [0.15, 0.2) is 42.7 Å². The lowest BCUT2D eigenvalue weighted by molar-refractivity contribution is 0.153. The fourth-order valence-corrected chi connectivity index (χ4v) is 3.17. The van der Waals surface area contributed by atoms with Gasteiger partial charge in [-0.1, -0.05) is 35.3 Å². The normalized spacial score (nSPS) is 18.7. The van der Waals surface area contributed by atoms with Crippen LogP contribution in [0.2, 0.25) is 10.0 Å². The van der Waals surface area contributed by atoms with Crippen molar-refractivity contribution in [3.63, 3.8) is 0 Å². The van der Waals surface area contributed by atoms with Crippen LogP contribution in [0.25, 0.3) is 0 Å². The van der Waals surface area contributed by atoms with E-state index in [0.717, 1.165) is 36.8 Å². The third-order valence-electron chi connectivity index (χ3n) is 3.81. The van der Waals surface area contributed by atoms with Crippen LogP contribution in [-0.4, -0.2) is 29.5 Å². The molecule has 1 aliphatic rings. The summed E-state index contributed by atoms with van der Waals surface area (Å²) in [5, 5.41) is 4.85. The highest BCUT2D eigenvalue weighted by Crippen LogP contribution is 2.27. The summed E-state index contributed by atoms with van der Waals surface area (Å²) in [6.07, 6.45) is 3.74. The smallest absolute Gasteiger partial charge is 0.0492 e. The second kappa shape index (κ2) is 8.14. The molecule has 3 rings (SSSR count). The number of hydrogen-bond acceptors (Lipinski definition) is 3. The van der Waals surface area contributed by atoms with Gasteiger partial charge < -0.3 is 5.32 Å². The van der Waals surface area contributed by atoms with Gasteiger partial charge in [0, 0.05) is 54.7 Å². The van der Waals surface area contributed by atoms with Gasteiger partial charge >= 0.3 is 0 Å². The Balaban J connectivity index is 0.00000176. The molecule has 1 atom stereocenters. The van der Waals surface area contributed by atoms with Gasteiger partial charge in [0.1, 0.15) is 0 Å². The third-order valence-corrected chi connectivity index (χ3v) is 4.40. The minimum absolute atomic E-state index is 0. The second-order valence-electron chi connectivity index (χ2n) is 5.21. The molecule has 6 heteroatoms. The Morgan fingerprint density at radius 2 is 2.14 bits per heavy atom. The van der Waals surface area contributed by atoms with Crippen molar-refractivity contribution in [2.75, 3.05) is 19.6 Å². The van der Waals surface area contributed by atoms with Gasteiger partial charge in [0.2, 0.25) is 0 Å². The van der Waals surface area contributed by atoms with Gasteiger partial charge in [0.05, 0.1) is 0 Å². The van der Waals surface area contributed by atoms with E-state index in [4.69, 9.17) is 23.2 Å². The number of halogens is 3. The van der Waals surface area contributed by atoms with Crippen molar-refractivity contribution in [3.05, 3.63) is 63.9 Å². The number of nitrogens with one attached hydrogen (secondary N) is 1. The van der Waals surface area contributed by atoms with Gasteiger partial charge in [-0.15, -0.1) is 12.4 Å². The second-order valence-corrected chi connectivity index (χ2v) is 6.06. The molecule has 1 aromatic carbocycles. The molecule has 1 fully saturated rings. The van der Waals surface area contributed by atoms with Gasteiger partial charge in [-0.25, -0.2) is 0 Å². The number of benzene rings is 1. The molecule has 0 radical (unpaired) electrons. The molecule has 0 amide bonds. The van der Waals surface area contributed by atoms with Crippen LogP contribution in [0.1, 0.15) is 17.2 Å². The molecular formula is C16H18Cl3N3. The lowest BCUT2D eigenvalue weighted by Crippen LogP contribution is -2.45. The van der Waals surface area contributed by atoms with Crippen molar-refractivity contribution in [3.8, 4) is 0 Å². The largest absolute Gasteiger partial charge is 0.314 e. The zero-order chi connectivity index (χ0) is 14.7. The fraction of sp³-hybridized carbons (Fsp3) is 0.312. The van der Waals surface area contributed by atoms with Crippen LogP contribution in [-0.2, 0) is 6.54 Å².